The lowest BCUT2D eigenvalue weighted by atomic mass is 10.2. The summed E-state index contributed by atoms with van der Waals surface area (Å²) in [7, 11) is -3.29. The van der Waals surface area contributed by atoms with E-state index in [2.05, 4.69) is 0 Å². The van der Waals surface area contributed by atoms with Gasteiger partial charge in [0.05, 0.1) is 5.56 Å². The van der Waals surface area contributed by atoms with Gasteiger partial charge in [0.25, 0.3) is 6.73 Å². The molecular weight excluding hydrogens is 274 g/mol. The van der Waals surface area contributed by atoms with Gasteiger partial charge in [0.2, 0.25) is 5.69 Å². The number of ether oxygens (including phenoxy) is 1. The molecule has 0 radical (unpaired) electrons. The predicted octanol–water partition coefficient (Wildman–Crippen LogP) is 2.20. The van der Waals surface area contributed by atoms with Crippen LogP contribution in [0.15, 0.2) is 53.4 Å². The van der Waals surface area contributed by atoms with Crippen LogP contribution in [0.4, 0.5) is 5.69 Å². The molecule has 5 heteroatoms. The standard InChI is InChI=1S/C15H14NO3S/c1-20(17,18)14-9-5-6-12-10-16(11-19-15(12)14)13-7-3-2-4-8-13/h2-10H,11H2,1H3/q+1. The molecule has 0 unspecified atom stereocenters. The van der Waals surface area contributed by atoms with E-state index in [1.165, 1.54) is 6.26 Å². The van der Waals surface area contributed by atoms with Crippen molar-refractivity contribution in [1.29, 1.82) is 0 Å². The monoisotopic (exact) mass is 288 g/mol. The Morgan fingerprint density at radius 1 is 1.05 bits per heavy atom. The summed E-state index contributed by atoms with van der Waals surface area (Å²) in [6.07, 6.45) is 3.10. The van der Waals surface area contributed by atoms with E-state index in [-0.39, 0.29) is 4.90 Å². The zero-order chi connectivity index (χ0) is 14.2. The van der Waals surface area contributed by atoms with Crippen LogP contribution < -0.4 is 4.74 Å². The minimum absolute atomic E-state index is 0.235. The molecule has 102 valence electrons. The van der Waals surface area contributed by atoms with Gasteiger partial charge in [0.1, 0.15) is 4.90 Å². The van der Waals surface area contributed by atoms with Gasteiger partial charge in [-0.3, -0.25) is 0 Å². The Balaban J connectivity index is 2.11. The number of sulfone groups is 1. The van der Waals surface area contributed by atoms with Gasteiger partial charge in [-0.25, -0.2) is 8.42 Å². The van der Waals surface area contributed by atoms with E-state index >= 15 is 0 Å². The van der Waals surface area contributed by atoms with Crippen LogP contribution in [0, 0.1) is 0 Å². The van der Waals surface area contributed by atoms with Gasteiger partial charge in [-0.2, -0.15) is 4.58 Å². The van der Waals surface area contributed by atoms with Crippen LogP contribution in [0.5, 0.6) is 5.75 Å². The van der Waals surface area contributed by atoms with E-state index in [0.29, 0.717) is 12.5 Å². The Labute approximate surface area is 117 Å². The van der Waals surface area contributed by atoms with E-state index in [1.807, 2.05) is 47.2 Å². The summed E-state index contributed by atoms with van der Waals surface area (Å²) in [5.41, 5.74) is 1.77. The van der Waals surface area contributed by atoms with Crippen LogP contribution in [0.1, 0.15) is 5.56 Å². The van der Waals surface area contributed by atoms with Crippen LogP contribution >= 0.6 is 0 Å². The summed E-state index contributed by atoms with van der Waals surface area (Å²) in [5.74, 6) is 0.433. The maximum atomic E-state index is 11.7. The van der Waals surface area contributed by atoms with Crippen molar-refractivity contribution in [1.82, 2.24) is 0 Å². The Bertz CT molecular complexity index is 780. The number of hydrogen-bond acceptors (Lipinski definition) is 3. The van der Waals surface area contributed by atoms with Gasteiger partial charge in [0, 0.05) is 18.4 Å². The molecular formula is C15H14NO3S+. The number of nitrogens with zero attached hydrogens (tertiary/aromatic N) is 1. The molecule has 0 N–H and O–H groups in total. The number of fused-ring (bicyclic) bond motifs is 1. The van der Waals surface area contributed by atoms with Crippen LogP contribution in [-0.2, 0) is 9.84 Å². The van der Waals surface area contributed by atoms with Crippen LogP contribution in [0.2, 0.25) is 0 Å². The summed E-state index contributed by atoms with van der Waals surface area (Å²) in [6, 6.07) is 14.9. The molecule has 2 aromatic carbocycles. The summed E-state index contributed by atoms with van der Waals surface area (Å²) in [5, 5.41) is 0. The molecule has 0 fully saturated rings. The molecule has 0 aromatic heterocycles. The van der Waals surface area contributed by atoms with Crippen molar-refractivity contribution < 1.29 is 17.7 Å². The fourth-order valence-electron chi connectivity index (χ4n) is 2.19. The van der Waals surface area contributed by atoms with E-state index in [0.717, 1.165) is 11.3 Å². The van der Waals surface area contributed by atoms with Gasteiger partial charge in [-0.1, -0.05) is 24.3 Å². The molecule has 4 nitrogen and oxygen atoms in total. The molecule has 20 heavy (non-hydrogen) atoms. The van der Waals surface area contributed by atoms with Crippen molar-refractivity contribution >= 4 is 21.7 Å². The van der Waals surface area contributed by atoms with Crippen molar-refractivity contribution in [2.75, 3.05) is 13.0 Å². The highest BCUT2D eigenvalue weighted by Gasteiger charge is 2.24. The lowest BCUT2D eigenvalue weighted by Crippen LogP contribution is -2.22. The zero-order valence-electron chi connectivity index (χ0n) is 11.0. The second kappa shape index (κ2) is 4.76. The summed E-state index contributed by atoms with van der Waals surface area (Å²) >= 11 is 0. The van der Waals surface area contributed by atoms with E-state index < -0.39 is 9.84 Å². The minimum atomic E-state index is -3.29. The average Bonchev–Trinajstić information content (AvgIpc) is 2.46. The molecule has 1 aliphatic heterocycles. The molecule has 0 bridgehead atoms. The van der Waals surface area contributed by atoms with Gasteiger partial charge in [0.15, 0.2) is 21.8 Å². The molecule has 1 aliphatic rings. The third kappa shape index (κ3) is 2.32. The van der Waals surface area contributed by atoms with Crippen molar-refractivity contribution in [3.8, 4) is 5.75 Å². The van der Waals surface area contributed by atoms with Crippen molar-refractivity contribution in [3.63, 3.8) is 0 Å². The molecule has 1 heterocycles. The van der Waals surface area contributed by atoms with Gasteiger partial charge < -0.3 is 4.74 Å². The summed E-state index contributed by atoms with van der Waals surface area (Å²) < 4.78 is 31.1. The number of hydrogen-bond donors (Lipinski definition) is 0. The molecule has 0 aliphatic carbocycles. The van der Waals surface area contributed by atoms with Gasteiger partial charge >= 0.3 is 0 Å². The first-order valence-corrected chi connectivity index (χ1v) is 8.07. The zero-order valence-corrected chi connectivity index (χ0v) is 11.8. The first kappa shape index (κ1) is 12.9. The highest BCUT2D eigenvalue weighted by molar-refractivity contribution is 7.90. The van der Waals surface area contributed by atoms with Crippen LogP contribution in [-0.4, -0.2) is 32.2 Å². The average molecular weight is 288 g/mol. The second-order valence-corrected chi connectivity index (χ2v) is 6.64. The topological polar surface area (TPSA) is 46.4 Å². The SMILES string of the molecule is CS(=O)(=O)c1cccc2c1OC[N+](c1ccccc1)=C2. The third-order valence-electron chi connectivity index (χ3n) is 3.14. The fraction of sp³-hybridized carbons (Fsp3) is 0.133. The highest BCUT2D eigenvalue weighted by Crippen LogP contribution is 2.30. The molecule has 0 spiro atoms. The number of para-hydroxylation sites is 2. The molecule has 0 amide bonds. The lowest BCUT2D eigenvalue weighted by Gasteiger charge is -2.15. The van der Waals surface area contributed by atoms with Gasteiger partial charge in [-0.15, -0.1) is 0 Å². The predicted molar refractivity (Wildman–Crippen MR) is 76.6 cm³/mol. The van der Waals surface area contributed by atoms with Gasteiger partial charge in [-0.05, 0) is 12.1 Å². The number of benzene rings is 2. The quantitative estimate of drug-likeness (QED) is 0.796. The van der Waals surface area contributed by atoms with Crippen molar-refractivity contribution in [2.45, 2.75) is 4.90 Å². The smallest absolute Gasteiger partial charge is 0.292 e. The molecule has 0 atom stereocenters. The summed E-state index contributed by atoms with van der Waals surface area (Å²) in [6.45, 7) is 0.295. The Hall–Kier alpha value is -2.14. The van der Waals surface area contributed by atoms with Crippen molar-refractivity contribution in [3.05, 3.63) is 54.1 Å². The highest BCUT2D eigenvalue weighted by atomic mass is 32.2. The van der Waals surface area contributed by atoms with E-state index in [4.69, 9.17) is 4.74 Å². The van der Waals surface area contributed by atoms with E-state index in [1.54, 1.807) is 12.1 Å². The minimum Gasteiger partial charge on any atom is -0.434 e. The van der Waals surface area contributed by atoms with Crippen LogP contribution in [0.25, 0.3) is 0 Å². The maximum absolute atomic E-state index is 11.7. The normalized spacial score (nSPS) is 14.2. The third-order valence-corrected chi connectivity index (χ3v) is 4.26. The first-order chi connectivity index (χ1) is 9.55. The molecule has 0 saturated heterocycles. The van der Waals surface area contributed by atoms with E-state index in [9.17, 15) is 8.42 Å². The fourth-order valence-corrected chi connectivity index (χ4v) is 3.03. The Morgan fingerprint density at radius 2 is 1.80 bits per heavy atom. The first-order valence-electron chi connectivity index (χ1n) is 6.18. The Kier molecular flexibility index (Phi) is 3.06. The van der Waals surface area contributed by atoms with Crippen LogP contribution in [0.3, 0.4) is 0 Å². The molecule has 2 aromatic rings. The van der Waals surface area contributed by atoms with Crippen molar-refractivity contribution in [2.24, 2.45) is 0 Å². The Morgan fingerprint density at radius 3 is 2.50 bits per heavy atom. The second-order valence-electron chi connectivity index (χ2n) is 4.65. The molecule has 3 rings (SSSR count). The summed E-state index contributed by atoms with van der Waals surface area (Å²) in [4.78, 5) is 0.235. The maximum Gasteiger partial charge on any atom is 0.292 e. The number of rotatable bonds is 2. The largest absolute Gasteiger partial charge is 0.434 e. The molecule has 0 saturated carbocycles. The lowest BCUT2D eigenvalue weighted by molar-refractivity contribution is -0.476.